The molecule has 0 radical (unpaired) electrons. The van der Waals surface area contributed by atoms with Gasteiger partial charge in [-0.05, 0) is 24.6 Å². The Morgan fingerprint density at radius 1 is 0.923 bits per heavy atom. The zero-order valence-electron chi connectivity index (χ0n) is 6.99. The summed E-state index contributed by atoms with van der Waals surface area (Å²) >= 11 is 0. The zero-order chi connectivity index (χ0) is 9.42. The van der Waals surface area contributed by atoms with Crippen LogP contribution in [0.15, 0.2) is 24.0 Å². The summed E-state index contributed by atoms with van der Waals surface area (Å²) in [5, 5.41) is 28.1. The summed E-state index contributed by atoms with van der Waals surface area (Å²) in [7, 11) is 0. The van der Waals surface area contributed by atoms with E-state index in [1.165, 1.54) is 12.1 Å². The molecule has 0 spiro atoms. The van der Waals surface area contributed by atoms with Crippen LogP contribution < -0.4 is 0 Å². The molecule has 0 atom stereocenters. The van der Waals surface area contributed by atoms with Crippen molar-refractivity contribution >= 4 is 0 Å². The minimum atomic E-state index is 0.132. The van der Waals surface area contributed by atoms with E-state index in [2.05, 4.69) is 0 Å². The summed E-state index contributed by atoms with van der Waals surface area (Å²) in [5.41, 5.74) is 1.33. The van der Waals surface area contributed by atoms with Gasteiger partial charge in [0.05, 0.1) is 5.76 Å². The molecular formula is C10H10O3. The Balaban J connectivity index is 2.56. The van der Waals surface area contributed by atoms with E-state index in [1.807, 2.05) is 0 Å². The lowest BCUT2D eigenvalue weighted by Crippen LogP contribution is -2.03. The Labute approximate surface area is 75.6 Å². The van der Waals surface area contributed by atoms with Gasteiger partial charge in [-0.2, -0.15) is 0 Å². The highest BCUT2D eigenvalue weighted by atomic mass is 16.3. The summed E-state index contributed by atoms with van der Waals surface area (Å²) in [5.74, 6) is 0.553. The topological polar surface area (TPSA) is 60.7 Å². The highest BCUT2D eigenvalue weighted by molar-refractivity contribution is 5.51. The lowest BCUT2D eigenvalue weighted by molar-refractivity contribution is 0.384. The molecule has 0 saturated carbocycles. The van der Waals surface area contributed by atoms with E-state index in [0.29, 0.717) is 24.0 Å². The van der Waals surface area contributed by atoms with Crippen molar-refractivity contribution in [1.29, 1.82) is 0 Å². The van der Waals surface area contributed by atoms with Crippen molar-refractivity contribution in [2.45, 2.75) is 12.8 Å². The molecular weight excluding hydrogens is 168 g/mol. The van der Waals surface area contributed by atoms with Gasteiger partial charge in [0.15, 0.2) is 0 Å². The molecule has 1 aromatic carbocycles. The average molecular weight is 178 g/mol. The molecule has 3 N–H and O–H groups in total. The number of aromatic hydroxyl groups is 2. The molecule has 3 heteroatoms. The molecule has 0 aromatic heterocycles. The number of phenolic OH excluding ortho intramolecular Hbond substituents is 2. The molecule has 3 nitrogen and oxygen atoms in total. The smallest absolute Gasteiger partial charge is 0.119 e. The van der Waals surface area contributed by atoms with Gasteiger partial charge >= 0.3 is 0 Å². The molecule has 0 amide bonds. The summed E-state index contributed by atoms with van der Waals surface area (Å²) in [6, 6.07) is 2.90. The van der Waals surface area contributed by atoms with Crippen LogP contribution in [0, 0.1) is 0 Å². The van der Waals surface area contributed by atoms with Crippen LogP contribution in [0.5, 0.6) is 11.5 Å². The lowest BCUT2D eigenvalue weighted by atomic mass is 9.94. The molecule has 0 heterocycles. The number of hydrogen-bond acceptors (Lipinski definition) is 3. The van der Waals surface area contributed by atoms with Crippen molar-refractivity contribution in [1.82, 2.24) is 0 Å². The van der Waals surface area contributed by atoms with Crippen molar-refractivity contribution < 1.29 is 15.3 Å². The third-order valence-corrected chi connectivity index (χ3v) is 2.28. The van der Waals surface area contributed by atoms with Crippen molar-refractivity contribution in [3.8, 4) is 11.5 Å². The number of aliphatic hydroxyl groups is 1. The van der Waals surface area contributed by atoms with Crippen LogP contribution in [0.3, 0.4) is 0 Å². The van der Waals surface area contributed by atoms with Crippen LogP contribution in [0.2, 0.25) is 0 Å². The predicted octanol–water partition coefficient (Wildman–Crippen LogP) is 1.64. The second-order valence-corrected chi connectivity index (χ2v) is 3.14. The summed E-state index contributed by atoms with van der Waals surface area (Å²) in [6.07, 6.45) is 2.42. The van der Waals surface area contributed by atoms with Crippen molar-refractivity contribution in [3.63, 3.8) is 0 Å². The van der Waals surface area contributed by atoms with E-state index < -0.39 is 0 Å². The monoisotopic (exact) mass is 178 g/mol. The van der Waals surface area contributed by atoms with Gasteiger partial charge < -0.3 is 15.3 Å². The Hall–Kier alpha value is -1.64. The molecule has 0 unspecified atom stereocenters. The standard InChI is InChI=1S/C10H10O3/c11-6-1-2-7-8(5-6)10(13)4-3-9(7)12/h1,3-4,11-13H,2,5H2. The third kappa shape index (κ3) is 1.22. The maximum atomic E-state index is 9.45. The van der Waals surface area contributed by atoms with Crippen LogP contribution in [0.1, 0.15) is 11.1 Å². The quantitative estimate of drug-likeness (QED) is 0.529. The molecule has 2 rings (SSSR count). The largest absolute Gasteiger partial charge is 0.512 e. The Kier molecular flexibility index (Phi) is 1.65. The maximum Gasteiger partial charge on any atom is 0.119 e. The van der Waals surface area contributed by atoms with Gasteiger partial charge in [-0.3, -0.25) is 0 Å². The first-order chi connectivity index (χ1) is 6.18. The molecule has 1 aliphatic carbocycles. The fourth-order valence-electron chi connectivity index (χ4n) is 1.57. The highest BCUT2D eigenvalue weighted by Crippen LogP contribution is 2.33. The maximum absolute atomic E-state index is 9.45. The first-order valence-electron chi connectivity index (χ1n) is 4.09. The number of allylic oxidation sites excluding steroid dienone is 2. The molecule has 0 fully saturated rings. The molecule has 1 aromatic rings. The number of hydrogen-bond donors (Lipinski definition) is 3. The van der Waals surface area contributed by atoms with E-state index in [1.54, 1.807) is 6.08 Å². The SMILES string of the molecule is OC1=CCc2c(O)ccc(O)c2C1. The second kappa shape index (κ2) is 2.69. The summed E-state index contributed by atoms with van der Waals surface area (Å²) < 4.78 is 0. The van der Waals surface area contributed by atoms with E-state index in [9.17, 15) is 15.3 Å². The first-order valence-corrected chi connectivity index (χ1v) is 4.09. The molecule has 0 aliphatic heterocycles. The normalized spacial score (nSPS) is 14.9. The van der Waals surface area contributed by atoms with Gasteiger partial charge in [0.25, 0.3) is 0 Å². The van der Waals surface area contributed by atoms with Gasteiger partial charge in [-0.1, -0.05) is 0 Å². The van der Waals surface area contributed by atoms with E-state index in [4.69, 9.17) is 0 Å². The minimum absolute atomic E-state index is 0.132. The van der Waals surface area contributed by atoms with Crippen LogP contribution in [0.25, 0.3) is 0 Å². The van der Waals surface area contributed by atoms with Crippen LogP contribution in [-0.2, 0) is 12.8 Å². The summed E-state index contributed by atoms with van der Waals surface area (Å²) in [6.45, 7) is 0. The Bertz CT molecular complexity index is 380. The second-order valence-electron chi connectivity index (χ2n) is 3.14. The Morgan fingerprint density at radius 2 is 1.54 bits per heavy atom. The number of aliphatic hydroxyl groups excluding tert-OH is 1. The first kappa shape index (κ1) is 7.98. The fourth-order valence-corrected chi connectivity index (χ4v) is 1.57. The van der Waals surface area contributed by atoms with Crippen molar-refractivity contribution in [2.24, 2.45) is 0 Å². The van der Waals surface area contributed by atoms with Gasteiger partial charge in [-0.25, -0.2) is 0 Å². The van der Waals surface area contributed by atoms with Gasteiger partial charge in [0.2, 0.25) is 0 Å². The van der Waals surface area contributed by atoms with Crippen LogP contribution in [-0.4, -0.2) is 15.3 Å². The van der Waals surface area contributed by atoms with Crippen LogP contribution >= 0.6 is 0 Å². The molecule has 13 heavy (non-hydrogen) atoms. The van der Waals surface area contributed by atoms with E-state index >= 15 is 0 Å². The van der Waals surface area contributed by atoms with Crippen molar-refractivity contribution in [2.75, 3.05) is 0 Å². The minimum Gasteiger partial charge on any atom is -0.512 e. The zero-order valence-corrected chi connectivity index (χ0v) is 6.99. The van der Waals surface area contributed by atoms with Gasteiger partial charge in [-0.15, -0.1) is 0 Å². The molecule has 0 saturated heterocycles. The average Bonchev–Trinajstić information content (AvgIpc) is 2.12. The molecule has 0 bridgehead atoms. The van der Waals surface area contributed by atoms with Crippen LogP contribution in [0.4, 0.5) is 0 Å². The highest BCUT2D eigenvalue weighted by Gasteiger charge is 2.16. The van der Waals surface area contributed by atoms with Gasteiger partial charge in [0, 0.05) is 17.5 Å². The lowest BCUT2D eigenvalue weighted by Gasteiger charge is -2.15. The number of rotatable bonds is 0. The number of benzene rings is 1. The van der Waals surface area contributed by atoms with Gasteiger partial charge in [0.1, 0.15) is 11.5 Å². The van der Waals surface area contributed by atoms with Crippen molar-refractivity contribution in [3.05, 3.63) is 35.1 Å². The fraction of sp³-hybridized carbons (Fsp3) is 0.200. The van der Waals surface area contributed by atoms with E-state index in [-0.39, 0.29) is 17.3 Å². The number of phenols is 2. The molecule has 68 valence electrons. The summed E-state index contributed by atoms with van der Waals surface area (Å²) in [4.78, 5) is 0. The third-order valence-electron chi connectivity index (χ3n) is 2.28. The Morgan fingerprint density at radius 3 is 2.23 bits per heavy atom. The van der Waals surface area contributed by atoms with E-state index in [0.717, 1.165) is 0 Å². The molecule has 1 aliphatic rings. The predicted molar refractivity (Wildman–Crippen MR) is 47.9 cm³/mol. The number of fused-ring (bicyclic) bond motifs is 1.